The molecule has 1 amide bonds. The van der Waals surface area contributed by atoms with Gasteiger partial charge in [0, 0.05) is 10.6 Å². The molecule has 0 radical (unpaired) electrons. The van der Waals surface area contributed by atoms with Crippen LogP contribution < -0.4 is 5.32 Å². The SMILES string of the molecule is O=C(Cc1ccccc1)N[C@H]1CCCO[C@@H](c2ccc(Cl)cc2)OC1. The van der Waals surface area contributed by atoms with Crippen LogP contribution >= 0.6 is 11.6 Å². The van der Waals surface area contributed by atoms with Crippen molar-refractivity contribution in [1.29, 1.82) is 0 Å². The van der Waals surface area contributed by atoms with Crippen LogP contribution in [0.2, 0.25) is 5.02 Å². The van der Waals surface area contributed by atoms with Gasteiger partial charge >= 0.3 is 0 Å². The lowest BCUT2D eigenvalue weighted by Crippen LogP contribution is -2.40. The molecule has 2 aromatic rings. The van der Waals surface area contributed by atoms with Crippen molar-refractivity contribution in [1.82, 2.24) is 5.32 Å². The Morgan fingerprint density at radius 3 is 2.60 bits per heavy atom. The molecule has 1 saturated heterocycles. The van der Waals surface area contributed by atoms with Gasteiger partial charge in [0.25, 0.3) is 0 Å². The predicted molar refractivity (Wildman–Crippen MR) is 97.4 cm³/mol. The van der Waals surface area contributed by atoms with E-state index in [2.05, 4.69) is 5.32 Å². The molecular weight excluding hydrogens is 338 g/mol. The summed E-state index contributed by atoms with van der Waals surface area (Å²) in [6.07, 6.45) is 1.68. The average molecular weight is 360 g/mol. The van der Waals surface area contributed by atoms with Gasteiger partial charge in [-0.1, -0.05) is 54.1 Å². The lowest BCUT2D eigenvalue weighted by Gasteiger charge is -2.27. The van der Waals surface area contributed by atoms with Crippen LogP contribution in [-0.2, 0) is 20.7 Å². The summed E-state index contributed by atoms with van der Waals surface area (Å²) in [5.41, 5.74) is 1.94. The molecule has 1 heterocycles. The van der Waals surface area contributed by atoms with E-state index in [4.69, 9.17) is 21.1 Å². The van der Waals surface area contributed by atoms with Gasteiger partial charge < -0.3 is 14.8 Å². The smallest absolute Gasteiger partial charge is 0.224 e. The van der Waals surface area contributed by atoms with Gasteiger partial charge in [0.1, 0.15) is 0 Å². The number of rotatable bonds is 4. The van der Waals surface area contributed by atoms with Crippen LogP contribution in [0.5, 0.6) is 0 Å². The lowest BCUT2D eigenvalue weighted by atomic mass is 10.1. The second-order valence-electron chi connectivity index (χ2n) is 6.16. The molecule has 0 aliphatic carbocycles. The molecule has 0 bridgehead atoms. The molecule has 2 atom stereocenters. The molecular formula is C20H22ClNO3. The van der Waals surface area contributed by atoms with E-state index in [1.54, 1.807) is 0 Å². The molecule has 1 aliphatic rings. The summed E-state index contributed by atoms with van der Waals surface area (Å²) in [6.45, 7) is 1.02. The van der Waals surface area contributed by atoms with E-state index in [9.17, 15) is 4.79 Å². The van der Waals surface area contributed by atoms with E-state index in [1.165, 1.54) is 0 Å². The van der Waals surface area contributed by atoms with Crippen molar-refractivity contribution in [2.45, 2.75) is 31.6 Å². The minimum absolute atomic E-state index is 0.00471. The molecule has 0 saturated carbocycles. The summed E-state index contributed by atoms with van der Waals surface area (Å²) in [5.74, 6) is 0.0179. The minimum Gasteiger partial charge on any atom is -0.351 e. The Hall–Kier alpha value is -1.88. The Balaban J connectivity index is 1.54. The standard InChI is InChI=1S/C20H22ClNO3/c21-17-10-8-16(9-11-17)20-24-12-4-7-18(14-25-20)22-19(23)13-15-5-2-1-3-6-15/h1-3,5-6,8-11,18,20H,4,7,12-14H2,(H,22,23)/t18-,20+/m0/s1. The van der Waals surface area contributed by atoms with E-state index >= 15 is 0 Å². The number of carbonyl (C=O) groups is 1. The number of hydrogen-bond acceptors (Lipinski definition) is 3. The fraction of sp³-hybridized carbons (Fsp3) is 0.350. The molecule has 5 heteroatoms. The zero-order valence-corrected chi connectivity index (χ0v) is 14.7. The molecule has 4 nitrogen and oxygen atoms in total. The zero-order chi connectivity index (χ0) is 17.5. The van der Waals surface area contributed by atoms with E-state index in [1.807, 2.05) is 54.6 Å². The minimum atomic E-state index is -0.425. The second-order valence-corrected chi connectivity index (χ2v) is 6.59. The summed E-state index contributed by atoms with van der Waals surface area (Å²) in [7, 11) is 0. The van der Waals surface area contributed by atoms with Crippen molar-refractivity contribution in [3.8, 4) is 0 Å². The molecule has 1 N–H and O–H groups in total. The molecule has 0 spiro atoms. The highest BCUT2D eigenvalue weighted by atomic mass is 35.5. The Morgan fingerprint density at radius 1 is 1.08 bits per heavy atom. The van der Waals surface area contributed by atoms with E-state index < -0.39 is 6.29 Å². The third-order valence-electron chi connectivity index (χ3n) is 4.13. The monoisotopic (exact) mass is 359 g/mol. The second kappa shape index (κ2) is 8.99. The highest BCUT2D eigenvalue weighted by Crippen LogP contribution is 2.23. The largest absolute Gasteiger partial charge is 0.351 e. The Morgan fingerprint density at radius 2 is 1.84 bits per heavy atom. The molecule has 1 fully saturated rings. The Kier molecular flexibility index (Phi) is 6.45. The third-order valence-corrected chi connectivity index (χ3v) is 4.38. The van der Waals surface area contributed by atoms with Crippen molar-refractivity contribution in [2.75, 3.05) is 13.2 Å². The average Bonchev–Trinajstić information content (AvgIpc) is 2.60. The van der Waals surface area contributed by atoms with Crippen LogP contribution in [0.1, 0.15) is 30.3 Å². The first-order chi connectivity index (χ1) is 12.2. The van der Waals surface area contributed by atoms with Crippen molar-refractivity contribution in [3.63, 3.8) is 0 Å². The van der Waals surface area contributed by atoms with Crippen molar-refractivity contribution in [3.05, 3.63) is 70.7 Å². The van der Waals surface area contributed by atoms with Crippen LogP contribution in [0.15, 0.2) is 54.6 Å². The van der Waals surface area contributed by atoms with Crippen LogP contribution in [0, 0.1) is 0 Å². The molecule has 0 aromatic heterocycles. The lowest BCUT2D eigenvalue weighted by molar-refractivity contribution is -0.162. The predicted octanol–water partition coefficient (Wildman–Crippen LogP) is 3.89. The van der Waals surface area contributed by atoms with E-state index in [-0.39, 0.29) is 11.9 Å². The van der Waals surface area contributed by atoms with Crippen LogP contribution in [0.3, 0.4) is 0 Å². The van der Waals surface area contributed by atoms with Gasteiger partial charge in [-0.2, -0.15) is 0 Å². The van der Waals surface area contributed by atoms with Gasteiger partial charge in [0.2, 0.25) is 5.91 Å². The number of benzene rings is 2. The van der Waals surface area contributed by atoms with Crippen LogP contribution in [0.25, 0.3) is 0 Å². The van der Waals surface area contributed by atoms with Gasteiger partial charge in [-0.05, 0) is 30.5 Å². The maximum absolute atomic E-state index is 12.3. The molecule has 3 rings (SSSR count). The molecule has 2 aromatic carbocycles. The van der Waals surface area contributed by atoms with Gasteiger partial charge in [0.15, 0.2) is 6.29 Å². The number of ether oxygens (including phenoxy) is 2. The van der Waals surface area contributed by atoms with Gasteiger partial charge in [-0.15, -0.1) is 0 Å². The van der Waals surface area contributed by atoms with Gasteiger partial charge in [0.05, 0.1) is 25.7 Å². The topological polar surface area (TPSA) is 47.6 Å². The summed E-state index contributed by atoms with van der Waals surface area (Å²) in [5, 5.41) is 3.76. The number of nitrogens with one attached hydrogen (secondary N) is 1. The Bertz CT molecular complexity index is 675. The maximum atomic E-state index is 12.3. The van der Waals surface area contributed by atoms with E-state index in [0.29, 0.717) is 24.7 Å². The van der Waals surface area contributed by atoms with Gasteiger partial charge in [-0.3, -0.25) is 4.79 Å². The summed E-state index contributed by atoms with van der Waals surface area (Å²) >= 11 is 5.93. The highest BCUT2D eigenvalue weighted by Gasteiger charge is 2.20. The normalized spacial score (nSPS) is 21.2. The first kappa shape index (κ1) is 17.9. The highest BCUT2D eigenvalue weighted by molar-refractivity contribution is 6.30. The zero-order valence-electron chi connectivity index (χ0n) is 14.0. The quantitative estimate of drug-likeness (QED) is 0.900. The third kappa shape index (κ3) is 5.56. The number of halogens is 1. The summed E-state index contributed by atoms with van der Waals surface area (Å²) in [4.78, 5) is 12.3. The molecule has 1 aliphatic heterocycles. The summed E-state index contributed by atoms with van der Waals surface area (Å²) < 4.78 is 11.7. The molecule has 25 heavy (non-hydrogen) atoms. The first-order valence-corrected chi connectivity index (χ1v) is 8.90. The van der Waals surface area contributed by atoms with Crippen molar-refractivity contribution in [2.24, 2.45) is 0 Å². The van der Waals surface area contributed by atoms with Gasteiger partial charge in [-0.25, -0.2) is 0 Å². The Labute approximate surface area is 153 Å². The maximum Gasteiger partial charge on any atom is 0.224 e. The summed E-state index contributed by atoms with van der Waals surface area (Å²) in [6, 6.07) is 17.2. The fourth-order valence-electron chi connectivity index (χ4n) is 2.84. The van der Waals surface area contributed by atoms with Crippen LogP contribution in [-0.4, -0.2) is 25.2 Å². The van der Waals surface area contributed by atoms with Crippen molar-refractivity contribution >= 4 is 17.5 Å². The number of carbonyl (C=O) groups excluding carboxylic acids is 1. The number of amides is 1. The van der Waals surface area contributed by atoms with Crippen LogP contribution in [0.4, 0.5) is 0 Å². The number of hydrogen-bond donors (Lipinski definition) is 1. The first-order valence-electron chi connectivity index (χ1n) is 8.52. The molecule has 132 valence electrons. The van der Waals surface area contributed by atoms with E-state index in [0.717, 1.165) is 24.0 Å². The fourth-order valence-corrected chi connectivity index (χ4v) is 2.97. The van der Waals surface area contributed by atoms with Crippen molar-refractivity contribution < 1.29 is 14.3 Å². The molecule has 0 unspecified atom stereocenters.